The van der Waals surface area contributed by atoms with Gasteiger partial charge in [-0.2, -0.15) is 0 Å². The monoisotopic (exact) mass is 313 g/mol. The maximum absolute atomic E-state index is 12.7. The minimum absolute atomic E-state index is 0.0219. The van der Waals surface area contributed by atoms with Gasteiger partial charge in [-0.25, -0.2) is 0 Å². The predicted molar refractivity (Wildman–Crippen MR) is 83.0 cm³/mol. The van der Waals surface area contributed by atoms with E-state index in [0.29, 0.717) is 0 Å². The zero-order valence-corrected chi connectivity index (χ0v) is 12.4. The van der Waals surface area contributed by atoms with Gasteiger partial charge in [-0.1, -0.05) is 24.3 Å². The Bertz CT molecular complexity index is 826. The van der Waals surface area contributed by atoms with Crippen molar-refractivity contribution in [3.8, 4) is 11.5 Å². The van der Waals surface area contributed by atoms with Crippen molar-refractivity contribution in [3.05, 3.63) is 52.6 Å². The van der Waals surface area contributed by atoms with Gasteiger partial charge in [-0.05, 0) is 6.92 Å². The van der Waals surface area contributed by atoms with E-state index in [9.17, 15) is 19.8 Å². The molecule has 4 N–H and O–H groups in total. The zero-order valence-electron chi connectivity index (χ0n) is 12.4. The lowest BCUT2D eigenvalue weighted by molar-refractivity contribution is 0.0976. The fraction of sp³-hybridized carbons (Fsp3) is 0.176. The van der Waals surface area contributed by atoms with Gasteiger partial charge in [0.1, 0.15) is 18.1 Å². The van der Waals surface area contributed by atoms with Crippen LogP contribution < -0.4 is 10.5 Å². The quantitative estimate of drug-likeness (QED) is 0.499. The van der Waals surface area contributed by atoms with E-state index in [1.165, 1.54) is 19.1 Å². The third kappa shape index (κ3) is 2.33. The molecule has 6 nitrogen and oxygen atoms in total. The first-order valence-corrected chi connectivity index (χ1v) is 7.06. The summed E-state index contributed by atoms with van der Waals surface area (Å²) in [6, 6.07) is 7.56. The van der Waals surface area contributed by atoms with Gasteiger partial charge in [0.25, 0.3) is 0 Å². The van der Waals surface area contributed by atoms with Crippen molar-refractivity contribution in [1.82, 2.24) is 0 Å². The maximum Gasteiger partial charge on any atom is 0.198 e. The van der Waals surface area contributed by atoms with Crippen LogP contribution in [0.25, 0.3) is 0 Å². The minimum atomic E-state index is -0.745. The third-order valence-corrected chi connectivity index (χ3v) is 3.66. The molecule has 6 heteroatoms. The van der Waals surface area contributed by atoms with Crippen molar-refractivity contribution in [2.75, 3.05) is 12.3 Å². The van der Waals surface area contributed by atoms with Gasteiger partial charge in [0.2, 0.25) is 0 Å². The lowest BCUT2D eigenvalue weighted by Gasteiger charge is -2.22. The molecule has 0 spiro atoms. The highest BCUT2D eigenvalue weighted by molar-refractivity contribution is 6.31. The second kappa shape index (κ2) is 5.40. The molecule has 0 bridgehead atoms. The van der Waals surface area contributed by atoms with E-state index in [2.05, 4.69) is 0 Å². The molecule has 3 rings (SSSR count). The molecule has 0 saturated heterocycles. The molecule has 1 aliphatic carbocycles. The second-order valence-electron chi connectivity index (χ2n) is 5.42. The molecule has 0 aromatic heterocycles. The lowest BCUT2D eigenvalue weighted by atomic mass is 9.82. The lowest BCUT2D eigenvalue weighted by Crippen LogP contribution is -2.23. The summed E-state index contributed by atoms with van der Waals surface area (Å²) in [5.74, 6) is -1.21. The van der Waals surface area contributed by atoms with E-state index in [-0.39, 0.29) is 46.0 Å². The predicted octanol–water partition coefficient (Wildman–Crippen LogP) is 1.51. The SMILES string of the molecule is CC(O)COc1cc(O)c2c(c1N)C(=O)c1ccccc1C2=O. The molecular formula is C17H15NO5. The van der Waals surface area contributed by atoms with Gasteiger partial charge in [0, 0.05) is 17.2 Å². The van der Waals surface area contributed by atoms with Crippen LogP contribution in [0.1, 0.15) is 38.8 Å². The Kier molecular flexibility index (Phi) is 3.54. The number of carbonyl (C=O) groups is 2. The molecule has 1 unspecified atom stereocenters. The summed E-state index contributed by atoms with van der Waals surface area (Å²) in [4.78, 5) is 25.2. The molecule has 2 aromatic rings. The van der Waals surface area contributed by atoms with Crippen LogP contribution in [0.4, 0.5) is 5.69 Å². The molecule has 0 aliphatic heterocycles. The third-order valence-electron chi connectivity index (χ3n) is 3.66. The second-order valence-corrected chi connectivity index (χ2v) is 5.42. The van der Waals surface area contributed by atoms with E-state index in [0.717, 1.165) is 0 Å². The standard InChI is InChI=1S/C17H15NO5/c1-8(19)7-23-12-6-11(20)13-14(15(12)18)17(22)10-5-3-2-4-9(10)16(13)21/h2-6,8,19-20H,7,18H2,1H3. The van der Waals surface area contributed by atoms with Crippen LogP contribution in [0, 0.1) is 0 Å². The van der Waals surface area contributed by atoms with Crippen LogP contribution in [0.5, 0.6) is 11.5 Å². The topological polar surface area (TPSA) is 110 Å². The normalized spacial score (nSPS) is 14.2. The Hall–Kier alpha value is -2.86. The molecular weight excluding hydrogens is 298 g/mol. The number of fused-ring (bicyclic) bond motifs is 2. The number of aliphatic hydroxyl groups is 1. The van der Waals surface area contributed by atoms with E-state index >= 15 is 0 Å². The number of benzene rings is 2. The largest absolute Gasteiger partial charge is 0.507 e. The van der Waals surface area contributed by atoms with Gasteiger partial charge in [0.15, 0.2) is 11.6 Å². The van der Waals surface area contributed by atoms with Crippen LogP contribution in [0.2, 0.25) is 0 Å². The van der Waals surface area contributed by atoms with E-state index < -0.39 is 17.7 Å². The first-order chi connectivity index (χ1) is 10.9. The van der Waals surface area contributed by atoms with Crippen molar-refractivity contribution >= 4 is 17.3 Å². The number of ketones is 2. The summed E-state index contributed by atoms with van der Waals surface area (Å²) in [7, 11) is 0. The summed E-state index contributed by atoms with van der Waals surface area (Å²) in [6.45, 7) is 1.47. The molecule has 0 heterocycles. The molecule has 1 atom stereocenters. The zero-order chi connectivity index (χ0) is 16.7. The van der Waals surface area contributed by atoms with Crippen molar-refractivity contribution in [1.29, 1.82) is 0 Å². The molecule has 0 radical (unpaired) electrons. The van der Waals surface area contributed by atoms with Gasteiger partial charge in [-0.15, -0.1) is 0 Å². The summed E-state index contributed by atoms with van der Waals surface area (Å²) in [5.41, 5.74) is 6.25. The number of anilines is 1. The molecule has 0 fully saturated rings. The van der Waals surface area contributed by atoms with Crippen molar-refractivity contribution in [3.63, 3.8) is 0 Å². The molecule has 23 heavy (non-hydrogen) atoms. The fourth-order valence-electron chi connectivity index (χ4n) is 2.60. The highest BCUT2D eigenvalue weighted by Crippen LogP contribution is 2.41. The van der Waals surface area contributed by atoms with Crippen LogP contribution in [-0.2, 0) is 0 Å². The smallest absolute Gasteiger partial charge is 0.198 e. The van der Waals surface area contributed by atoms with Gasteiger partial charge >= 0.3 is 0 Å². The summed E-state index contributed by atoms with van der Waals surface area (Å²) in [5, 5.41) is 19.5. The van der Waals surface area contributed by atoms with Gasteiger partial charge in [0.05, 0.1) is 22.9 Å². The average molecular weight is 313 g/mol. The van der Waals surface area contributed by atoms with Crippen molar-refractivity contribution in [2.24, 2.45) is 0 Å². The van der Waals surface area contributed by atoms with Crippen LogP contribution in [0.3, 0.4) is 0 Å². The Morgan fingerprint density at radius 2 is 1.70 bits per heavy atom. The molecule has 1 aliphatic rings. The number of ether oxygens (including phenoxy) is 1. The Labute approximate surface area is 132 Å². The molecule has 118 valence electrons. The molecule has 0 saturated carbocycles. The van der Waals surface area contributed by atoms with E-state index in [1.54, 1.807) is 18.2 Å². The van der Waals surface area contributed by atoms with Crippen molar-refractivity contribution < 1.29 is 24.5 Å². The molecule has 2 aromatic carbocycles. The van der Waals surface area contributed by atoms with Gasteiger partial charge in [-0.3, -0.25) is 9.59 Å². The van der Waals surface area contributed by atoms with Gasteiger partial charge < -0.3 is 20.7 Å². The van der Waals surface area contributed by atoms with E-state index in [1.807, 2.05) is 0 Å². The maximum atomic E-state index is 12.7. The Morgan fingerprint density at radius 1 is 1.13 bits per heavy atom. The number of phenolic OH excluding ortho intramolecular Hbond substituents is 1. The Balaban J connectivity index is 2.18. The number of nitrogen functional groups attached to an aromatic ring is 1. The number of carbonyl (C=O) groups excluding carboxylic acids is 2. The van der Waals surface area contributed by atoms with Crippen LogP contribution >= 0.6 is 0 Å². The number of aliphatic hydroxyl groups excluding tert-OH is 1. The highest BCUT2D eigenvalue weighted by atomic mass is 16.5. The summed E-state index contributed by atoms with van der Waals surface area (Å²) in [6.07, 6.45) is -0.745. The Morgan fingerprint density at radius 3 is 2.26 bits per heavy atom. The first kappa shape index (κ1) is 15.1. The average Bonchev–Trinajstić information content (AvgIpc) is 2.52. The number of hydrogen-bond donors (Lipinski definition) is 3. The van der Waals surface area contributed by atoms with Crippen LogP contribution in [-0.4, -0.2) is 34.5 Å². The number of hydrogen-bond acceptors (Lipinski definition) is 6. The number of nitrogens with two attached hydrogens (primary N) is 1. The minimum Gasteiger partial charge on any atom is -0.507 e. The fourth-order valence-corrected chi connectivity index (χ4v) is 2.60. The number of rotatable bonds is 3. The number of phenols is 1. The summed E-state index contributed by atoms with van der Waals surface area (Å²) < 4.78 is 5.32. The van der Waals surface area contributed by atoms with E-state index in [4.69, 9.17) is 10.5 Å². The van der Waals surface area contributed by atoms with Crippen LogP contribution in [0.15, 0.2) is 30.3 Å². The number of aromatic hydroxyl groups is 1. The summed E-state index contributed by atoms with van der Waals surface area (Å²) >= 11 is 0. The molecule has 0 amide bonds. The first-order valence-electron chi connectivity index (χ1n) is 7.06. The highest BCUT2D eigenvalue weighted by Gasteiger charge is 2.35. The van der Waals surface area contributed by atoms with Crippen molar-refractivity contribution in [2.45, 2.75) is 13.0 Å².